The average molecular weight is 362 g/mol. The van der Waals surface area contributed by atoms with E-state index in [-0.39, 0.29) is 0 Å². The molecule has 3 heteroatoms. The maximum Gasteiger partial charge on any atom is 0.161 e. The van der Waals surface area contributed by atoms with Crippen LogP contribution >= 0.6 is 0 Å². The van der Waals surface area contributed by atoms with Crippen molar-refractivity contribution in [3.63, 3.8) is 0 Å². The minimum Gasteiger partial charge on any atom is -0.493 e. The van der Waals surface area contributed by atoms with Crippen LogP contribution in [0.5, 0.6) is 11.5 Å². The van der Waals surface area contributed by atoms with Crippen LogP contribution in [0.25, 0.3) is 0 Å². The topological polar surface area (TPSA) is 22.9 Å². The van der Waals surface area contributed by atoms with Crippen molar-refractivity contribution in [2.45, 2.75) is 19.5 Å². The van der Waals surface area contributed by atoms with Crippen LogP contribution < -0.4 is 14.4 Å². The van der Waals surface area contributed by atoms with Gasteiger partial charge >= 0.3 is 0 Å². The summed E-state index contributed by atoms with van der Waals surface area (Å²) < 4.78 is 10.8. The Morgan fingerprint density at radius 2 is 1.22 bits per heavy atom. The highest BCUT2D eigenvalue weighted by Gasteiger charge is 2.13. The first-order valence-corrected chi connectivity index (χ1v) is 9.41. The molecular weight excluding hydrogens is 334 g/mol. The number of hydrogen-bond donors (Lipinski definition) is 1. The third kappa shape index (κ3) is 5.60. The predicted molar refractivity (Wildman–Crippen MR) is 109 cm³/mol. The van der Waals surface area contributed by atoms with E-state index in [2.05, 4.69) is 72.8 Å². The van der Waals surface area contributed by atoms with Crippen molar-refractivity contribution >= 4 is 0 Å². The van der Waals surface area contributed by atoms with Crippen LogP contribution in [0.1, 0.15) is 16.7 Å². The van der Waals surface area contributed by atoms with Crippen LogP contribution in [0.3, 0.4) is 0 Å². The monoisotopic (exact) mass is 362 g/mol. The van der Waals surface area contributed by atoms with Gasteiger partial charge in [0, 0.05) is 17.5 Å². The van der Waals surface area contributed by atoms with Crippen LogP contribution in [0.2, 0.25) is 0 Å². The summed E-state index contributed by atoms with van der Waals surface area (Å²) in [5.41, 5.74) is 4.00. The van der Waals surface area contributed by atoms with E-state index in [1.54, 1.807) is 14.2 Å². The highest BCUT2D eigenvalue weighted by atomic mass is 16.5. The molecule has 0 aliphatic heterocycles. The number of quaternary nitrogens is 1. The van der Waals surface area contributed by atoms with E-state index in [1.165, 1.54) is 21.6 Å². The zero-order valence-electron chi connectivity index (χ0n) is 16.2. The lowest BCUT2D eigenvalue weighted by molar-refractivity contribution is -0.927. The first kappa shape index (κ1) is 19.0. The maximum atomic E-state index is 5.47. The predicted octanol–water partition coefficient (Wildman–Crippen LogP) is 3.53. The first-order valence-electron chi connectivity index (χ1n) is 9.41. The maximum absolute atomic E-state index is 5.47. The molecule has 0 aliphatic carbocycles. The Balaban J connectivity index is 1.74. The quantitative estimate of drug-likeness (QED) is 0.629. The lowest BCUT2D eigenvalue weighted by Crippen LogP contribution is -3.09. The van der Waals surface area contributed by atoms with Gasteiger partial charge in [-0.15, -0.1) is 0 Å². The third-order valence-electron chi connectivity index (χ3n) is 4.81. The van der Waals surface area contributed by atoms with Gasteiger partial charge in [-0.2, -0.15) is 0 Å². The number of nitrogens with one attached hydrogen (secondary N) is 1. The van der Waals surface area contributed by atoms with Crippen LogP contribution in [0.4, 0.5) is 0 Å². The van der Waals surface area contributed by atoms with E-state index >= 15 is 0 Å². The Kier molecular flexibility index (Phi) is 6.89. The molecule has 0 spiro atoms. The van der Waals surface area contributed by atoms with Gasteiger partial charge in [0.2, 0.25) is 0 Å². The molecule has 1 unspecified atom stereocenters. The molecule has 0 heterocycles. The summed E-state index contributed by atoms with van der Waals surface area (Å²) in [4.78, 5) is 1.53. The Bertz CT molecular complexity index is 818. The Morgan fingerprint density at radius 3 is 1.85 bits per heavy atom. The van der Waals surface area contributed by atoms with E-state index in [0.29, 0.717) is 0 Å². The molecular formula is C24H28NO2+. The number of hydrogen-bond acceptors (Lipinski definition) is 2. The van der Waals surface area contributed by atoms with Gasteiger partial charge in [0.05, 0.1) is 20.8 Å². The highest BCUT2D eigenvalue weighted by Crippen LogP contribution is 2.27. The molecule has 1 atom stereocenters. The first-order chi connectivity index (χ1) is 13.3. The SMILES string of the molecule is COc1ccc(C[NH+](CCc2ccccc2)Cc2ccccc2)cc1OC. The van der Waals surface area contributed by atoms with Crippen molar-refractivity contribution in [1.82, 2.24) is 0 Å². The van der Waals surface area contributed by atoms with E-state index in [4.69, 9.17) is 9.47 Å². The van der Waals surface area contributed by atoms with E-state index in [9.17, 15) is 0 Å². The second kappa shape index (κ2) is 9.79. The summed E-state index contributed by atoms with van der Waals surface area (Å²) in [6, 6.07) is 27.6. The lowest BCUT2D eigenvalue weighted by Gasteiger charge is -2.20. The van der Waals surface area contributed by atoms with Crippen LogP contribution in [0.15, 0.2) is 78.9 Å². The van der Waals surface area contributed by atoms with Crippen molar-refractivity contribution in [1.29, 1.82) is 0 Å². The minimum atomic E-state index is 0.773. The van der Waals surface area contributed by atoms with Crippen LogP contribution in [-0.2, 0) is 19.5 Å². The normalized spacial score (nSPS) is 11.8. The summed E-state index contributed by atoms with van der Waals surface area (Å²) in [7, 11) is 3.36. The molecule has 0 amide bonds. The molecule has 3 aromatic rings. The molecule has 0 bridgehead atoms. The van der Waals surface area contributed by atoms with Crippen molar-refractivity contribution in [2.75, 3.05) is 20.8 Å². The van der Waals surface area contributed by atoms with Gasteiger partial charge in [-0.1, -0.05) is 60.7 Å². The van der Waals surface area contributed by atoms with E-state index < -0.39 is 0 Å². The second-order valence-corrected chi connectivity index (χ2v) is 6.76. The molecule has 0 radical (unpaired) electrons. The summed E-state index contributed by atoms with van der Waals surface area (Å²) in [5.74, 6) is 1.56. The van der Waals surface area contributed by atoms with Crippen molar-refractivity contribution in [3.05, 3.63) is 95.6 Å². The van der Waals surface area contributed by atoms with Crippen LogP contribution in [-0.4, -0.2) is 20.8 Å². The molecule has 0 aromatic heterocycles. The van der Waals surface area contributed by atoms with E-state index in [1.807, 2.05) is 6.07 Å². The lowest BCUT2D eigenvalue weighted by atomic mass is 10.1. The Hall–Kier alpha value is -2.78. The summed E-state index contributed by atoms with van der Waals surface area (Å²) in [6.45, 7) is 3.03. The molecule has 140 valence electrons. The number of rotatable bonds is 9. The largest absolute Gasteiger partial charge is 0.493 e. The summed E-state index contributed by atoms with van der Waals surface area (Å²) >= 11 is 0. The molecule has 3 aromatic carbocycles. The van der Waals surface area contributed by atoms with Crippen molar-refractivity contribution in [2.24, 2.45) is 0 Å². The van der Waals surface area contributed by atoms with Crippen molar-refractivity contribution in [3.8, 4) is 11.5 Å². The van der Waals surface area contributed by atoms with Gasteiger partial charge < -0.3 is 14.4 Å². The molecule has 3 nitrogen and oxygen atoms in total. The second-order valence-electron chi connectivity index (χ2n) is 6.76. The zero-order chi connectivity index (χ0) is 18.9. The molecule has 0 saturated heterocycles. The fraction of sp³-hybridized carbons (Fsp3) is 0.250. The fourth-order valence-electron chi connectivity index (χ4n) is 3.37. The van der Waals surface area contributed by atoms with Gasteiger partial charge in [-0.25, -0.2) is 0 Å². The summed E-state index contributed by atoms with van der Waals surface area (Å²) in [6.07, 6.45) is 1.07. The van der Waals surface area contributed by atoms with Gasteiger partial charge in [0.1, 0.15) is 13.1 Å². The van der Waals surface area contributed by atoms with Gasteiger partial charge in [0.15, 0.2) is 11.5 Å². The van der Waals surface area contributed by atoms with Gasteiger partial charge in [-0.3, -0.25) is 0 Å². The molecule has 0 fully saturated rings. The fourth-order valence-corrected chi connectivity index (χ4v) is 3.37. The summed E-state index contributed by atoms with van der Waals surface area (Å²) in [5, 5.41) is 0. The molecule has 1 N–H and O–H groups in total. The van der Waals surface area contributed by atoms with Crippen molar-refractivity contribution < 1.29 is 14.4 Å². The average Bonchev–Trinajstić information content (AvgIpc) is 2.73. The van der Waals surface area contributed by atoms with Crippen LogP contribution in [0, 0.1) is 0 Å². The minimum absolute atomic E-state index is 0.773. The van der Waals surface area contributed by atoms with E-state index in [0.717, 1.165) is 37.6 Å². The number of ether oxygens (including phenoxy) is 2. The zero-order valence-corrected chi connectivity index (χ0v) is 16.2. The molecule has 0 saturated carbocycles. The Labute approximate surface area is 162 Å². The number of benzene rings is 3. The smallest absolute Gasteiger partial charge is 0.161 e. The molecule has 0 aliphatic rings. The molecule has 27 heavy (non-hydrogen) atoms. The molecule has 3 rings (SSSR count). The highest BCUT2D eigenvalue weighted by molar-refractivity contribution is 5.42. The van der Waals surface area contributed by atoms with Gasteiger partial charge in [0.25, 0.3) is 0 Å². The Morgan fingerprint density at radius 1 is 0.630 bits per heavy atom. The van der Waals surface area contributed by atoms with Gasteiger partial charge in [-0.05, 0) is 23.8 Å². The standard InChI is InChI=1S/C24H27NO2/c1-26-23-14-13-22(17-24(23)27-2)19-25(18-21-11-7-4-8-12-21)16-15-20-9-5-3-6-10-20/h3-14,17H,15-16,18-19H2,1-2H3/p+1. The third-order valence-corrected chi connectivity index (χ3v) is 4.81. The number of methoxy groups -OCH3 is 2.